The van der Waals surface area contributed by atoms with Crippen LogP contribution in [0.4, 0.5) is 0 Å². The molecule has 0 aliphatic heterocycles. The van der Waals surface area contributed by atoms with Gasteiger partial charge in [-0.25, -0.2) is 0 Å². The van der Waals surface area contributed by atoms with E-state index in [4.69, 9.17) is 10.2 Å². The highest BCUT2D eigenvalue weighted by atomic mass is 16.3. The third kappa shape index (κ3) is 5.92. The van der Waals surface area contributed by atoms with E-state index < -0.39 is 0 Å². The Balaban J connectivity index is 2.68. The molecule has 1 unspecified atom stereocenters. The molecule has 7 heavy (non-hydrogen) atoms. The van der Waals surface area contributed by atoms with Crippen LogP contribution >= 0.6 is 0 Å². The highest BCUT2D eigenvalue weighted by Gasteiger charge is 1.91. The first kappa shape index (κ1) is 6.92. The second-order valence-electron chi connectivity index (χ2n) is 1.61. The van der Waals surface area contributed by atoms with E-state index >= 15 is 0 Å². The molecule has 43 valence electrons. The molecule has 2 N–H and O–H groups in total. The summed E-state index contributed by atoms with van der Waals surface area (Å²) in [5.74, 6) is 0. The minimum Gasteiger partial charge on any atom is -0.393 e. The Morgan fingerprint density at radius 1 is 1.71 bits per heavy atom. The number of hydrogen-bond acceptors (Lipinski definition) is 2. The summed E-state index contributed by atoms with van der Waals surface area (Å²) < 4.78 is 0. The van der Waals surface area contributed by atoms with Crippen LogP contribution in [0.2, 0.25) is 0 Å². The fourth-order valence-corrected chi connectivity index (χ4v) is 0.316. The van der Waals surface area contributed by atoms with Gasteiger partial charge in [-0.3, -0.25) is 0 Å². The highest BCUT2D eigenvalue weighted by Crippen LogP contribution is 1.94. The maximum atomic E-state index is 8.55. The van der Waals surface area contributed by atoms with Gasteiger partial charge in [0.25, 0.3) is 0 Å². The lowest BCUT2D eigenvalue weighted by molar-refractivity contribution is 0.177. The lowest BCUT2D eigenvalue weighted by atomic mass is 10.2. The van der Waals surface area contributed by atoms with Gasteiger partial charge in [-0.05, 0) is 19.8 Å². The fourth-order valence-electron chi connectivity index (χ4n) is 0.316. The molecule has 0 saturated heterocycles. The van der Waals surface area contributed by atoms with Gasteiger partial charge in [0.15, 0.2) is 0 Å². The quantitative estimate of drug-likeness (QED) is 0.551. The number of aliphatic hydroxyl groups excluding tert-OH is 2. The molecule has 0 rings (SSSR count). The van der Waals surface area contributed by atoms with Crippen molar-refractivity contribution in [2.24, 2.45) is 0 Å². The Kier molecular flexibility index (Phi) is 4.04. The lowest BCUT2D eigenvalue weighted by Gasteiger charge is -1.97. The number of hydrogen-bond donors (Lipinski definition) is 2. The first-order valence-corrected chi connectivity index (χ1v) is 2.41. The van der Waals surface area contributed by atoms with E-state index in [0.29, 0.717) is 12.8 Å². The Morgan fingerprint density at radius 3 is 2.43 bits per heavy atom. The predicted octanol–water partition coefficient (Wildman–Crippen LogP) is 0.682. The van der Waals surface area contributed by atoms with Crippen molar-refractivity contribution >= 4 is 0 Å². The van der Waals surface area contributed by atoms with Crippen molar-refractivity contribution in [1.29, 1.82) is 0 Å². The Morgan fingerprint density at radius 2 is 2.29 bits per heavy atom. The third-order valence-corrected chi connectivity index (χ3v) is 0.714. The zero-order valence-electron chi connectivity index (χ0n) is 4.46. The summed E-state index contributed by atoms with van der Waals surface area (Å²) in [4.78, 5) is 0. The van der Waals surface area contributed by atoms with Crippen LogP contribution in [0.1, 0.15) is 19.8 Å². The van der Waals surface area contributed by atoms with Gasteiger partial charge in [0.2, 0.25) is 0 Å². The molecule has 1 radical (unpaired) electrons. The number of rotatable bonds is 3. The Labute approximate surface area is 43.8 Å². The van der Waals surface area contributed by atoms with Gasteiger partial charge in [-0.2, -0.15) is 0 Å². The van der Waals surface area contributed by atoms with Gasteiger partial charge in [-0.1, -0.05) is 0 Å². The maximum absolute atomic E-state index is 8.55. The molecule has 0 heterocycles. The smallest absolute Gasteiger partial charge is 0.0800 e. The summed E-state index contributed by atoms with van der Waals surface area (Å²) in [6, 6.07) is 0. The van der Waals surface area contributed by atoms with E-state index in [1.807, 2.05) is 0 Å². The molecule has 0 spiro atoms. The van der Waals surface area contributed by atoms with Crippen molar-refractivity contribution in [2.75, 3.05) is 0 Å². The van der Waals surface area contributed by atoms with Gasteiger partial charge < -0.3 is 10.2 Å². The first-order chi connectivity index (χ1) is 3.27. The van der Waals surface area contributed by atoms with Crippen LogP contribution in [0, 0.1) is 6.61 Å². The van der Waals surface area contributed by atoms with E-state index in [0.717, 1.165) is 6.61 Å². The van der Waals surface area contributed by atoms with Crippen molar-refractivity contribution < 1.29 is 10.2 Å². The fraction of sp³-hybridized carbons (Fsp3) is 0.800. The molecular weight excluding hydrogens is 92.1 g/mol. The van der Waals surface area contributed by atoms with Gasteiger partial charge in [-0.15, -0.1) is 0 Å². The van der Waals surface area contributed by atoms with E-state index in [1.54, 1.807) is 6.92 Å². The molecule has 0 fully saturated rings. The third-order valence-electron chi connectivity index (χ3n) is 0.714. The van der Waals surface area contributed by atoms with Crippen LogP contribution < -0.4 is 0 Å². The lowest BCUT2D eigenvalue weighted by Crippen LogP contribution is -1.97. The standard InChI is InChI=1S/C5H11O2/c1-5(7)3-2-4-6/h4-7H,2-3H2,1H3. The van der Waals surface area contributed by atoms with Crippen LogP contribution in [0.5, 0.6) is 0 Å². The first-order valence-electron chi connectivity index (χ1n) is 2.41. The van der Waals surface area contributed by atoms with Crippen molar-refractivity contribution in [1.82, 2.24) is 0 Å². The van der Waals surface area contributed by atoms with Gasteiger partial charge in [0, 0.05) is 0 Å². The molecule has 0 aromatic heterocycles. The van der Waals surface area contributed by atoms with Crippen LogP contribution in [0.3, 0.4) is 0 Å². The normalized spacial score (nSPS) is 14.1. The van der Waals surface area contributed by atoms with Crippen molar-refractivity contribution in [3.63, 3.8) is 0 Å². The molecule has 1 atom stereocenters. The van der Waals surface area contributed by atoms with Crippen LogP contribution in [-0.2, 0) is 0 Å². The molecule has 0 aromatic rings. The summed E-state index contributed by atoms with van der Waals surface area (Å²) >= 11 is 0. The SMILES string of the molecule is CC(O)CC[CH]O. The van der Waals surface area contributed by atoms with Crippen LogP contribution in [-0.4, -0.2) is 16.3 Å². The topological polar surface area (TPSA) is 40.5 Å². The van der Waals surface area contributed by atoms with Gasteiger partial charge in [0.1, 0.15) is 0 Å². The van der Waals surface area contributed by atoms with E-state index in [9.17, 15) is 0 Å². The Bertz CT molecular complexity index is 35.1. The van der Waals surface area contributed by atoms with E-state index in [-0.39, 0.29) is 6.10 Å². The molecular formula is C5H11O2. The van der Waals surface area contributed by atoms with Crippen molar-refractivity contribution in [2.45, 2.75) is 25.9 Å². The number of aliphatic hydroxyl groups is 2. The molecule has 0 amide bonds. The minimum atomic E-state index is -0.289. The van der Waals surface area contributed by atoms with Crippen LogP contribution in [0.25, 0.3) is 0 Å². The summed E-state index contributed by atoms with van der Waals surface area (Å²) in [7, 11) is 0. The average Bonchev–Trinajstić information content (AvgIpc) is 1.61. The Hall–Kier alpha value is -0.0800. The minimum absolute atomic E-state index is 0.289. The summed E-state index contributed by atoms with van der Waals surface area (Å²) in [5, 5.41) is 16.6. The van der Waals surface area contributed by atoms with Crippen LogP contribution in [0.15, 0.2) is 0 Å². The average molecular weight is 103 g/mol. The zero-order valence-corrected chi connectivity index (χ0v) is 4.46. The molecule has 0 aliphatic rings. The largest absolute Gasteiger partial charge is 0.393 e. The van der Waals surface area contributed by atoms with Crippen molar-refractivity contribution in [3.05, 3.63) is 6.61 Å². The van der Waals surface area contributed by atoms with Gasteiger partial charge in [0.05, 0.1) is 12.7 Å². The summed E-state index contributed by atoms with van der Waals surface area (Å²) in [5.41, 5.74) is 0. The van der Waals surface area contributed by atoms with E-state index in [1.165, 1.54) is 0 Å². The predicted molar refractivity (Wildman–Crippen MR) is 27.2 cm³/mol. The molecule has 2 heteroatoms. The zero-order chi connectivity index (χ0) is 5.70. The van der Waals surface area contributed by atoms with Gasteiger partial charge >= 0.3 is 0 Å². The molecule has 0 saturated carbocycles. The molecule has 0 bridgehead atoms. The molecule has 0 aliphatic carbocycles. The molecule has 0 aromatic carbocycles. The molecule has 2 nitrogen and oxygen atoms in total. The summed E-state index contributed by atoms with van der Waals surface area (Å²) in [6.45, 7) is 2.76. The van der Waals surface area contributed by atoms with E-state index in [2.05, 4.69) is 0 Å². The highest BCUT2D eigenvalue weighted by molar-refractivity contribution is 4.51. The summed E-state index contributed by atoms with van der Waals surface area (Å²) in [6.07, 6.45) is 0.942. The van der Waals surface area contributed by atoms with Crippen molar-refractivity contribution in [3.8, 4) is 0 Å². The maximum Gasteiger partial charge on any atom is 0.0800 e. The monoisotopic (exact) mass is 103 g/mol. The second-order valence-corrected chi connectivity index (χ2v) is 1.61. The second kappa shape index (κ2) is 4.09.